The van der Waals surface area contributed by atoms with Crippen LogP contribution in [0.4, 0.5) is 10.1 Å². The molecule has 2 rings (SSSR count). The van der Waals surface area contributed by atoms with E-state index in [0.29, 0.717) is 19.5 Å². The van der Waals surface area contributed by atoms with Gasteiger partial charge in [-0.1, -0.05) is 18.5 Å². The Hall–Kier alpha value is -1.34. The van der Waals surface area contributed by atoms with Crippen molar-refractivity contribution in [3.8, 4) is 0 Å². The van der Waals surface area contributed by atoms with Crippen LogP contribution in [0, 0.1) is 5.82 Å². The molecule has 1 saturated heterocycles. The molecule has 0 bridgehead atoms. The van der Waals surface area contributed by atoms with Crippen LogP contribution in [0.2, 0.25) is 5.02 Å². The van der Waals surface area contributed by atoms with Crippen LogP contribution in [-0.4, -0.2) is 44.6 Å². The topological polar surface area (TPSA) is 57.7 Å². The van der Waals surface area contributed by atoms with Crippen molar-refractivity contribution in [1.82, 2.24) is 4.90 Å². The van der Waals surface area contributed by atoms with Crippen LogP contribution >= 0.6 is 11.6 Å². The highest BCUT2D eigenvalue weighted by Gasteiger charge is 2.34. The first-order valence-corrected chi connectivity index (χ1v) is 10.2. The number of amides is 1. The van der Waals surface area contributed by atoms with Gasteiger partial charge in [-0.15, -0.1) is 0 Å². The van der Waals surface area contributed by atoms with E-state index in [-0.39, 0.29) is 16.6 Å². The average Bonchev–Trinajstić information content (AvgIpc) is 2.54. The zero-order valence-electron chi connectivity index (χ0n) is 13.8. The first-order chi connectivity index (χ1) is 11.3. The fraction of sp³-hybridized carbons (Fsp3) is 0.562. The Morgan fingerprint density at radius 1 is 1.33 bits per heavy atom. The second kappa shape index (κ2) is 7.70. The zero-order chi connectivity index (χ0) is 17.9. The molecule has 1 aliphatic heterocycles. The normalized spacial score (nSPS) is 16.8. The summed E-state index contributed by atoms with van der Waals surface area (Å²) in [6.45, 7) is 3.03. The van der Waals surface area contributed by atoms with Gasteiger partial charge in [-0.05, 0) is 43.9 Å². The van der Waals surface area contributed by atoms with E-state index < -0.39 is 21.9 Å². The number of likely N-dealkylation sites (tertiary alicyclic amines) is 1. The number of hydrogen-bond acceptors (Lipinski definition) is 3. The van der Waals surface area contributed by atoms with Crippen LogP contribution in [0.25, 0.3) is 0 Å². The number of anilines is 1. The van der Waals surface area contributed by atoms with E-state index in [1.54, 1.807) is 11.8 Å². The van der Waals surface area contributed by atoms with Gasteiger partial charge in [0.05, 0.1) is 17.0 Å². The molecule has 5 nitrogen and oxygen atoms in total. The van der Waals surface area contributed by atoms with E-state index in [9.17, 15) is 17.6 Å². The summed E-state index contributed by atoms with van der Waals surface area (Å²) in [5.74, 6) is -0.854. The lowest BCUT2D eigenvalue weighted by Gasteiger charge is -2.35. The van der Waals surface area contributed by atoms with Crippen molar-refractivity contribution in [2.24, 2.45) is 0 Å². The quantitative estimate of drug-likeness (QED) is 0.793. The first-order valence-electron chi connectivity index (χ1n) is 7.99. The average molecular weight is 377 g/mol. The summed E-state index contributed by atoms with van der Waals surface area (Å²) in [6.07, 6.45) is 4.27. The second-order valence-corrected chi connectivity index (χ2v) is 8.23. The summed E-state index contributed by atoms with van der Waals surface area (Å²) in [6, 6.07) is 2.81. The van der Waals surface area contributed by atoms with Gasteiger partial charge in [0, 0.05) is 13.1 Å². The van der Waals surface area contributed by atoms with Crippen LogP contribution in [0.3, 0.4) is 0 Å². The summed E-state index contributed by atoms with van der Waals surface area (Å²) in [4.78, 5) is 14.6. The van der Waals surface area contributed by atoms with E-state index in [1.807, 2.05) is 0 Å². The highest BCUT2D eigenvalue weighted by Crippen LogP contribution is 2.28. The summed E-state index contributed by atoms with van der Waals surface area (Å²) in [5.41, 5.74) is 0.195. The number of benzene rings is 1. The van der Waals surface area contributed by atoms with Crippen LogP contribution in [-0.2, 0) is 14.8 Å². The monoisotopic (exact) mass is 376 g/mol. The molecule has 0 saturated carbocycles. The Labute approximate surface area is 147 Å². The van der Waals surface area contributed by atoms with E-state index in [4.69, 9.17) is 11.6 Å². The number of halogens is 2. The van der Waals surface area contributed by atoms with Gasteiger partial charge >= 0.3 is 0 Å². The van der Waals surface area contributed by atoms with Crippen molar-refractivity contribution in [3.05, 3.63) is 29.0 Å². The minimum Gasteiger partial charge on any atom is -0.341 e. The number of hydrogen-bond donors (Lipinski definition) is 0. The molecule has 1 aromatic carbocycles. The molecule has 0 radical (unpaired) electrons. The maximum atomic E-state index is 13.4. The van der Waals surface area contributed by atoms with E-state index >= 15 is 0 Å². The summed E-state index contributed by atoms with van der Waals surface area (Å²) >= 11 is 5.79. The van der Waals surface area contributed by atoms with Crippen molar-refractivity contribution < 1.29 is 17.6 Å². The largest absolute Gasteiger partial charge is 0.341 e. The van der Waals surface area contributed by atoms with Gasteiger partial charge in [-0.3, -0.25) is 9.10 Å². The third-order valence-electron chi connectivity index (χ3n) is 4.14. The Balaban J connectivity index is 2.41. The molecule has 1 aliphatic rings. The Bertz CT molecular complexity index is 705. The number of rotatable bonds is 5. The van der Waals surface area contributed by atoms with E-state index in [2.05, 4.69) is 0 Å². The first kappa shape index (κ1) is 19.0. The fourth-order valence-corrected chi connectivity index (χ4v) is 4.36. The molecule has 1 atom stereocenters. The Morgan fingerprint density at radius 3 is 2.46 bits per heavy atom. The Kier molecular flexibility index (Phi) is 6.09. The summed E-state index contributed by atoms with van der Waals surface area (Å²) in [5, 5.41) is -0.179. The van der Waals surface area contributed by atoms with Gasteiger partial charge < -0.3 is 4.90 Å². The maximum Gasteiger partial charge on any atom is 0.246 e. The minimum absolute atomic E-state index is 0.179. The minimum atomic E-state index is -3.74. The highest BCUT2D eigenvalue weighted by molar-refractivity contribution is 7.92. The molecular weight excluding hydrogens is 355 g/mol. The lowest BCUT2D eigenvalue weighted by molar-refractivity contribution is -0.133. The van der Waals surface area contributed by atoms with Crippen molar-refractivity contribution in [3.63, 3.8) is 0 Å². The van der Waals surface area contributed by atoms with Crippen molar-refractivity contribution in [2.75, 3.05) is 23.7 Å². The summed E-state index contributed by atoms with van der Waals surface area (Å²) < 4.78 is 39.1. The van der Waals surface area contributed by atoms with Gasteiger partial charge in [0.25, 0.3) is 0 Å². The van der Waals surface area contributed by atoms with Gasteiger partial charge in [0.2, 0.25) is 15.9 Å². The standard InChI is InChI=1S/C16H22ClFN2O3S/c1-3-15(16(21)19-9-5-4-6-10-19)20(24(2,22)23)12-7-8-14(18)13(17)11-12/h7-8,11,15H,3-6,9-10H2,1-2H3. The molecule has 0 aromatic heterocycles. The Morgan fingerprint density at radius 2 is 1.96 bits per heavy atom. The molecule has 0 spiro atoms. The van der Waals surface area contributed by atoms with Crippen LogP contribution in [0.15, 0.2) is 18.2 Å². The van der Waals surface area contributed by atoms with Crippen LogP contribution < -0.4 is 4.31 Å². The lowest BCUT2D eigenvalue weighted by Crippen LogP contribution is -2.51. The molecule has 8 heteroatoms. The molecule has 0 N–H and O–H groups in total. The van der Waals surface area contributed by atoms with Gasteiger partial charge in [-0.2, -0.15) is 0 Å². The number of piperidine rings is 1. The lowest BCUT2D eigenvalue weighted by atomic mass is 10.1. The third-order valence-corrected chi connectivity index (χ3v) is 5.61. The molecule has 1 fully saturated rings. The van der Waals surface area contributed by atoms with Gasteiger partial charge in [0.1, 0.15) is 11.9 Å². The molecule has 134 valence electrons. The van der Waals surface area contributed by atoms with Crippen molar-refractivity contribution in [2.45, 2.75) is 38.6 Å². The highest BCUT2D eigenvalue weighted by atomic mass is 35.5. The molecule has 1 amide bonds. The number of carbonyl (C=O) groups excluding carboxylic acids is 1. The molecule has 1 aromatic rings. The van der Waals surface area contributed by atoms with E-state index in [1.165, 1.54) is 12.1 Å². The number of carbonyl (C=O) groups is 1. The van der Waals surface area contributed by atoms with E-state index in [0.717, 1.165) is 35.9 Å². The predicted octanol–water partition coefficient (Wildman–Crippen LogP) is 3.04. The number of nitrogens with zero attached hydrogens (tertiary/aromatic N) is 2. The molecule has 0 aliphatic carbocycles. The van der Waals surface area contributed by atoms with Gasteiger partial charge in [0.15, 0.2) is 0 Å². The zero-order valence-corrected chi connectivity index (χ0v) is 15.4. The number of sulfonamides is 1. The van der Waals surface area contributed by atoms with Crippen molar-refractivity contribution >= 4 is 33.2 Å². The summed E-state index contributed by atoms with van der Waals surface area (Å²) in [7, 11) is -3.74. The molecule has 24 heavy (non-hydrogen) atoms. The van der Waals surface area contributed by atoms with Crippen LogP contribution in [0.5, 0.6) is 0 Å². The fourth-order valence-electron chi connectivity index (χ4n) is 2.99. The molecule has 1 unspecified atom stereocenters. The molecule has 1 heterocycles. The SMILES string of the molecule is CCC(C(=O)N1CCCCC1)N(c1ccc(F)c(Cl)c1)S(C)(=O)=O. The van der Waals surface area contributed by atoms with Gasteiger partial charge in [-0.25, -0.2) is 12.8 Å². The second-order valence-electron chi connectivity index (χ2n) is 5.97. The maximum absolute atomic E-state index is 13.4. The third kappa shape index (κ3) is 4.19. The molecular formula is C16H22ClFN2O3S. The van der Waals surface area contributed by atoms with Crippen LogP contribution in [0.1, 0.15) is 32.6 Å². The smallest absolute Gasteiger partial charge is 0.246 e. The van der Waals surface area contributed by atoms with Crippen molar-refractivity contribution in [1.29, 1.82) is 0 Å². The predicted molar refractivity (Wildman–Crippen MR) is 93.2 cm³/mol.